The van der Waals surface area contributed by atoms with E-state index in [4.69, 9.17) is 9.47 Å². The maximum atomic E-state index is 13.0. The lowest BCUT2D eigenvalue weighted by atomic mass is 9.88. The molecule has 2 atom stereocenters. The summed E-state index contributed by atoms with van der Waals surface area (Å²) in [6.07, 6.45) is 10.0. The first-order chi connectivity index (χ1) is 22.6. The van der Waals surface area contributed by atoms with Crippen molar-refractivity contribution in [1.82, 2.24) is 25.5 Å². The summed E-state index contributed by atoms with van der Waals surface area (Å²) in [6.45, 7) is 2.50. The average Bonchev–Trinajstić information content (AvgIpc) is 3.79. The molecule has 1 aliphatic rings. The van der Waals surface area contributed by atoms with Gasteiger partial charge in [-0.1, -0.05) is 79.9 Å². The lowest BCUT2D eigenvalue weighted by molar-refractivity contribution is 0.121. The molecule has 46 heavy (non-hydrogen) atoms. The molecule has 0 saturated heterocycles. The van der Waals surface area contributed by atoms with Crippen molar-refractivity contribution in [3.63, 3.8) is 0 Å². The van der Waals surface area contributed by atoms with Gasteiger partial charge in [-0.2, -0.15) is 0 Å². The second-order valence-corrected chi connectivity index (χ2v) is 13.8. The number of carbonyl (C=O) groups is 2. The zero-order valence-corrected chi connectivity index (χ0v) is 27.7. The molecule has 1 aliphatic carbocycles. The van der Waals surface area contributed by atoms with Crippen molar-refractivity contribution in [2.45, 2.75) is 70.2 Å². The van der Waals surface area contributed by atoms with Crippen LogP contribution in [0.5, 0.6) is 0 Å². The topological polar surface area (TPSA) is 106 Å². The van der Waals surface area contributed by atoms with E-state index in [0.717, 1.165) is 27.4 Å². The highest BCUT2D eigenvalue weighted by atomic mass is 32.1. The van der Waals surface area contributed by atoms with E-state index < -0.39 is 12.2 Å². The maximum absolute atomic E-state index is 13.0. The number of thiazole rings is 2. The van der Waals surface area contributed by atoms with Crippen LogP contribution in [-0.4, -0.2) is 58.8 Å². The van der Waals surface area contributed by atoms with Crippen molar-refractivity contribution < 1.29 is 19.1 Å². The quantitative estimate of drug-likeness (QED) is 0.135. The zero-order chi connectivity index (χ0) is 31.8. The first-order valence-electron chi connectivity index (χ1n) is 16.0. The van der Waals surface area contributed by atoms with Crippen LogP contribution in [0.1, 0.15) is 53.0 Å². The molecule has 2 heterocycles. The van der Waals surface area contributed by atoms with Crippen molar-refractivity contribution in [3.05, 3.63) is 105 Å². The fourth-order valence-corrected chi connectivity index (χ4v) is 7.03. The van der Waals surface area contributed by atoms with Gasteiger partial charge in [-0.05, 0) is 42.7 Å². The van der Waals surface area contributed by atoms with E-state index in [1.807, 2.05) is 36.4 Å². The Morgan fingerprint density at radius 2 is 1.22 bits per heavy atom. The van der Waals surface area contributed by atoms with Gasteiger partial charge in [-0.3, -0.25) is 14.9 Å². The third-order valence-corrected chi connectivity index (χ3v) is 9.66. The largest absolute Gasteiger partial charge is 0.444 e. The van der Waals surface area contributed by atoms with Gasteiger partial charge in [0.2, 0.25) is 0 Å². The lowest BCUT2D eigenvalue weighted by Crippen LogP contribution is -2.51. The molecule has 2 aromatic heterocycles. The van der Waals surface area contributed by atoms with Gasteiger partial charge in [0.25, 0.3) is 0 Å². The Labute approximate surface area is 279 Å². The average molecular weight is 662 g/mol. The van der Waals surface area contributed by atoms with Crippen LogP contribution < -0.4 is 10.6 Å². The molecule has 2 amide bonds. The van der Waals surface area contributed by atoms with E-state index in [9.17, 15) is 9.59 Å². The summed E-state index contributed by atoms with van der Waals surface area (Å²) in [5.74, 6) is 0.570. The fraction of sp³-hybridized carbons (Fsp3) is 0.429. The van der Waals surface area contributed by atoms with Crippen LogP contribution >= 0.6 is 22.7 Å². The summed E-state index contributed by atoms with van der Waals surface area (Å²) in [4.78, 5) is 38.4. The predicted octanol–water partition coefficient (Wildman–Crippen LogP) is 6.86. The Morgan fingerprint density at radius 3 is 1.65 bits per heavy atom. The van der Waals surface area contributed by atoms with E-state index in [1.54, 1.807) is 23.4 Å². The van der Waals surface area contributed by atoms with Gasteiger partial charge in [0, 0.05) is 44.1 Å². The van der Waals surface area contributed by atoms with E-state index in [1.165, 1.54) is 54.8 Å². The van der Waals surface area contributed by atoms with Crippen LogP contribution in [0.4, 0.5) is 9.59 Å². The Morgan fingerprint density at radius 1 is 0.739 bits per heavy atom. The minimum Gasteiger partial charge on any atom is -0.444 e. The van der Waals surface area contributed by atoms with Gasteiger partial charge in [-0.15, -0.1) is 22.7 Å². The molecule has 0 aliphatic heterocycles. The Balaban J connectivity index is 1.31. The number of carbonyl (C=O) groups excluding carboxylic acids is 2. The minimum absolute atomic E-state index is 0.188. The number of hydrogen-bond acceptors (Lipinski definition) is 9. The number of nitrogens with zero attached hydrogens (tertiary/aromatic N) is 3. The summed E-state index contributed by atoms with van der Waals surface area (Å²) >= 11 is 2.92. The van der Waals surface area contributed by atoms with Gasteiger partial charge in [0.1, 0.15) is 13.2 Å². The highest BCUT2D eigenvalue weighted by molar-refractivity contribution is 7.09. The second kappa shape index (κ2) is 18.4. The van der Waals surface area contributed by atoms with Gasteiger partial charge in [0.15, 0.2) is 0 Å². The van der Waals surface area contributed by atoms with Gasteiger partial charge < -0.3 is 20.1 Å². The first kappa shape index (κ1) is 33.6. The third-order valence-electron chi connectivity index (χ3n) is 8.15. The van der Waals surface area contributed by atoms with Crippen LogP contribution in [0.15, 0.2) is 84.1 Å². The standard InChI is InChI=1S/C35H43N5O4S2/c41-34(43-23-32-18-36-25-45-32)38-30(16-27-10-4-1-5-11-27)21-40(20-29-14-8-3-9-15-29)22-31(17-28-12-6-2-7-13-28)39-35(42)44-24-33-19-37-26-46-33/h1-2,4-7,10-13,18-19,25-26,29-31H,3,8-9,14-17,20-24H2,(H,38,41)(H,39,42)/t30-,31-/m0/s1. The Kier molecular flexibility index (Phi) is 13.4. The molecule has 244 valence electrons. The van der Waals surface area contributed by atoms with Crippen molar-refractivity contribution >= 4 is 34.9 Å². The maximum Gasteiger partial charge on any atom is 0.407 e. The number of ether oxygens (including phenoxy) is 2. The third kappa shape index (κ3) is 11.9. The highest BCUT2D eigenvalue weighted by Gasteiger charge is 2.26. The molecule has 1 saturated carbocycles. The zero-order valence-electron chi connectivity index (χ0n) is 26.1. The summed E-state index contributed by atoms with van der Waals surface area (Å²) < 4.78 is 11.2. The molecule has 4 aromatic rings. The number of benzene rings is 2. The molecule has 0 bridgehead atoms. The molecule has 5 rings (SSSR count). The molecular weight excluding hydrogens is 619 g/mol. The molecule has 2 aromatic carbocycles. The lowest BCUT2D eigenvalue weighted by Gasteiger charge is -2.35. The predicted molar refractivity (Wildman–Crippen MR) is 182 cm³/mol. The molecule has 11 heteroatoms. The van der Waals surface area contributed by atoms with Gasteiger partial charge >= 0.3 is 12.2 Å². The Hall–Kier alpha value is -3.80. The number of nitrogens with one attached hydrogen (secondary N) is 2. The molecule has 0 spiro atoms. The fourth-order valence-electron chi connectivity index (χ4n) is 6.02. The molecular formula is C35H43N5O4S2. The second-order valence-electron chi connectivity index (χ2n) is 11.9. The SMILES string of the molecule is O=C(N[C@@H](Cc1ccccc1)CN(CC1CCCCC1)C[C@H](Cc1ccccc1)NC(=O)OCc1cncs1)OCc1cncs1. The summed E-state index contributed by atoms with van der Waals surface area (Å²) in [5.41, 5.74) is 5.73. The van der Waals surface area contributed by atoms with E-state index >= 15 is 0 Å². The molecule has 0 unspecified atom stereocenters. The van der Waals surface area contributed by atoms with Gasteiger partial charge in [0.05, 0.1) is 20.8 Å². The number of rotatable bonds is 16. The van der Waals surface area contributed by atoms with Crippen LogP contribution in [0.3, 0.4) is 0 Å². The number of amides is 2. The van der Waals surface area contributed by atoms with E-state index in [0.29, 0.717) is 31.8 Å². The monoisotopic (exact) mass is 661 g/mol. The summed E-state index contributed by atoms with van der Waals surface area (Å²) in [5, 5.41) is 6.32. The van der Waals surface area contributed by atoms with Crippen molar-refractivity contribution in [1.29, 1.82) is 0 Å². The van der Waals surface area contributed by atoms with E-state index in [-0.39, 0.29) is 25.3 Å². The van der Waals surface area contributed by atoms with Crippen LogP contribution in [-0.2, 0) is 35.5 Å². The minimum atomic E-state index is -0.447. The smallest absolute Gasteiger partial charge is 0.407 e. The van der Waals surface area contributed by atoms with Crippen LogP contribution in [0, 0.1) is 5.92 Å². The number of aromatic nitrogens is 2. The normalized spacial score (nSPS) is 14.8. The van der Waals surface area contributed by atoms with Crippen molar-refractivity contribution in [2.24, 2.45) is 5.92 Å². The van der Waals surface area contributed by atoms with E-state index in [2.05, 4.69) is 49.8 Å². The summed E-state index contributed by atoms with van der Waals surface area (Å²) in [6, 6.07) is 20.0. The molecule has 0 radical (unpaired) electrons. The molecule has 2 N–H and O–H groups in total. The summed E-state index contributed by atoms with van der Waals surface area (Å²) in [7, 11) is 0. The number of alkyl carbamates (subject to hydrolysis) is 2. The van der Waals surface area contributed by atoms with Crippen LogP contribution in [0.2, 0.25) is 0 Å². The Bertz CT molecular complexity index is 1320. The first-order valence-corrected chi connectivity index (χ1v) is 17.8. The van der Waals surface area contributed by atoms with Crippen LogP contribution in [0.25, 0.3) is 0 Å². The van der Waals surface area contributed by atoms with Gasteiger partial charge in [-0.25, -0.2) is 9.59 Å². The molecule has 1 fully saturated rings. The number of hydrogen-bond donors (Lipinski definition) is 2. The van der Waals surface area contributed by atoms with Crippen molar-refractivity contribution in [3.8, 4) is 0 Å². The molecule has 9 nitrogen and oxygen atoms in total. The highest BCUT2D eigenvalue weighted by Crippen LogP contribution is 2.25. The van der Waals surface area contributed by atoms with Crippen molar-refractivity contribution in [2.75, 3.05) is 19.6 Å².